The van der Waals surface area contributed by atoms with E-state index in [-0.39, 0.29) is 0 Å². The Bertz CT molecular complexity index is 2930. The van der Waals surface area contributed by atoms with Gasteiger partial charge < -0.3 is 4.57 Å². The summed E-state index contributed by atoms with van der Waals surface area (Å²) in [6.45, 7) is 0. The van der Waals surface area contributed by atoms with Gasteiger partial charge in [-0.2, -0.15) is 0 Å². The molecule has 0 atom stereocenters. The first-order valence-corrected chi connectivity index (χ1v) is 17.0. The van der Waals surface area contributed by atoms with Crippen LogP contribution in [0.1, 0.15) is 11.1 Å². The number of nitrogens with zero attached hydrogens (tertiary/aromatic N) is 2. The van der Waals surface area contributed by atoms with Crippen molar-refractivity contribution in [2.24, 2.45) is 0 Å². The highest BCUT2D eigenvalue weighted by Gasteiger charge is 2.27. The van der Waals surface area contributed by atoms with Crippen LogP contribution >= 0.6 is 11.3 Å². The van der Waals surface area contributed by atoms with Crippen LogP contribution in [0, 0.1) is 0 Å². The van der Waals surface area contributed by atoms with Gasteiger partial charge in [0, 0.05) is 54.4 Å². The molecule has 0 saturated carbocycles. The van der Waals surface area contributed by atoms with Crippen LogP contribution < -0.4 is 0 Å². The smallest absolute Gasteiger partial charge is 0.0571 e. The maximum absolute atomic E-state index is 4.55. The van der Waals surface area contributed by atoms with E-state index in [1.807, 2.05) is 23.7 Å². The van der Waals surface area contributed by atoms with Crippen LogP contribution in [0.25, 0.3) is 91.5 Å². The van der Waals surface area contributed by atoms with Crippen molar-refractivity contribution in [2.45, 2.75) is 6.42 Å². The van der Waals surface area contributed by atoms with Crippen molar-refractivity contribution in [1.29, 1.82) is 0 Å². The zero-order chi connectivity index (χ0) is 30.6. The van der Waals surface area contributed by atoms with E-state index in [2.05, 4.69) is 143 Å². The van der Waals surface area contributed by atoms with Gasteiger partial charge in [0.1, 0.15) is 0 Å². The molecule has 2 nitrogen and oxygen atoms in total. The summed E-state index contributed by atoms with van der Waals surface area (Å²) in [5.41, 5.74) is 11.7. The Balaban J connectivity index is 1.24. The van der Waals surface area contributed by atoms with E-state index < -0.39 is 0 Å². The molecule has 0 aliphatic heterocycles. The van der Waals surface area contributed by atoms with Crippen molar-refractivity contribution in [2.75, 3.05) is 0 Å². The molecule has 0 radical (unpaired) electrons. The lowest BCUT2D eigenvalue weighted by atomic mass is 9.92. The third kappa shape index (κ3) is 3.41. The van der Waals surface area contributed by atoms with Gasteiger partial charge >= 0.3 is 0 Å². The fourth-order valence-electron chi connectivity index (χ4n) is 8.31. The predicted molar refractivity (Wildman–Crippen MR) is 200 cm³/mol. The highest BCUT2D eigenvalue weighted by Crippen LogP contribution is 2.52. The normalized spacial score (nSPS) is 12.6. The number of hydrogen-bond donors (Lipinski definition) is 0. The summed E-state index contributed by atoms with van der Waals surface area (Å²) in [6.07, 6.45) is 4.89. The van der Waals surface area contributed by atoms with E-state index in [0.29, 0.717) is 0 Å². The van der Waals surface area contributed by atoms with Crippen molar-refractivity contribution in [3.05, 3.63) is 157 Å². The van der Waals surface area contributed by atoms with Crippen molar-refractivity contribution < 1.29 is 0 Å². The molecular weight excluding hydrogens is 589 g/mol. The van der Waals surface area contributed by atoms with Gasteiger partial charge in [0.05, 0.1) is 11.0 Å². The molecule has 47 heavy (non-hydrogen) atoms. The number of thiophene rings is 1. The topological polar surface area (TPSA) is 17.8 Å². The summed E-state index contributed by atoms with van der Waals surface area (Å²) in [5.74, 6) is 0. The molecule has 218 valence electrons. The van der Waals surface area contributed by atoms with Crippen LogP contribution in [0.5, 0.6) is 0 Å². The van der Waals surface area contributed by atoms with E-state index >= 15 is 0 Å². The predicted octanol–water partition coefficient (Wildman–Crippen LogP) is 12.1. The lowest BCUT2D eigenvalue weighted by molar-refractivity contribution is 1.17. The SMILES string of the molecule is c1ccc(-n2c3ccncc3c3cc(-c4cccc5ccc6c(sc7c8ccccc8c8c(c67)-c6ccccc6C8)c45)ccc32)cc1. The molecule has 0 saturated heterocycles. The average molecular weight is 615 g/mol. The van der Waals surface area contributed by atoms with Crippen LogP contribution in [-0.2, 0) is 6.42 Å². The molecule has 0 N–H and O–H groups in total. The molecule has 0 bridgehead atoms. The lowest BCUT2D eigenvalue weighted by Gasteiger charge is -2.11. The van der Waals surface area contributed by atoms with Gasteiger partial charge in [0.25, 0.3) is 0 Å². The molecule has 0 amide bonds. The maximum Gasteiger partial charge on any atom is 0.0571 e. The number of rotatable bonds is 2. The Labute approximate surface area is 274 Å². The van der Waals surface area contributed by atoms with Gasteiger partial charge in [-0.15, -0.1) is 11.3 Å². The van der Waals surface area contributed by atoms with E-state index in [9.17, 15) is 0 Å². The quantitative estimate of drug-likeness (QED) is 0.189. The van der Waals surface area contributed by atoms with E-state index in [0.717, 1.165) is 12.1 Å². The number of hydrogen-bond acceptors (Lipinski definition) is 2. The summed E-state index contributed by atoms with van der Waals surface area (Å²) >= 11 is 1.96. The summed E-state index contributed by atoms with van der Waals surface area (Å²) < 4.78 is 5.11. The van der Waals surface area contributed by atoms with Crippen LogP contribution in [0.4, 0.5) is 0 Å². The summed E-state index contributed by atoms with van der Waals surface area (Å²) in [6, 6.07) is 49.2. The standard InChI is InChI=1S/C44H26N2S/c1-2-11-29(12-3-1)46-38-20-18-28(23-35(38)37-25-45-22-21-39(37)46)30-16-8-10-26-17-19-34-42-41-31-13-5-4-9-27(31)24-36(41)32-14-6-7-15-33(32)43(42)47-44(34)40(26)30/h1-23,25H,24H2. The van der Waals surface area contributed by atoms with Gasteiger partial charge in [-0.1, -0.05) is 103 Å². The fraction of sp³-hybridized carbons (Fsp3) is 0.0227. The monoisotopic (exact) mass is 614 g/mol. The lowest BCUT2D eigenvalue weighted by Crippen LogP contribution is -1.93. The molecule has 0 spiro atoms. The van der Waals surface area contributed by atoms with Crippen LogP contribution in [0.2, 0.25) is 0 Å². The van der Waals surface area contributed by atoms with E-state index in [1.165, 1.54) is 96.9 Å². The average Bonchev–Trinajstić information content (AvgIpc) is 3.81. The van der Waals surface area contributed by atoms with Crippen molar-refractivity contribution in [3.63, 3.8) is 0 Å². The molecule has 3 heterocycles. The number of benzene rings is 7. The minimum absolute atomic E-state index is 0.990. The summed E-state index contributed by atoms with van der Waals surface area (Å²) in [5, 5.41) is 10.5. The van der Waals surface area contributed by atoms with Crippen molar-refractivity contribution in [1.82, 2.24) is 9.55 Å². The number of pyridine rings is 1. The Morgan fingerprint density at radius 3 is 2.28 bits per heavy atom. The second-order valence-corrected chi connectivity index (χ2v) is 13.7. The number of fused-ring (bicyclic) bond motifs is 15. The molecular formula is C44H26N2S. The van der Waals surface area contributed by atoms with Crippen LogP contribution in [-0.4, -0.2) is 9.55 Å². The molecule has 0 unspecified atom stereocenters. The minimum Gasteiger partial charge on any atom is -0.309 e. The molecule has 3 aromatic heterocycles. The summed E-state index contributed by atoms with van der Waals surface area (Å²) in [7, 11) is 0. The fourth-order valence-corrected chi connectivity index (χ4v) is 9.73. The molecule has 0 fully saturated rings. The molecule has 11 rings (SSSR count). The second kappa shape index (κ2) is 9.38. The van der Waals surface area contributed by atoms with Crippen LogP contribution in [0.15, 0.2) is 146 Å². The number of aromatic nitrogens is 2. The highest BCUT2D eigenvalue weighted by atomic mass is 32.1. The Hall–Kier alpha value is -5.77. The third-order valence-corrected chi connectivity index (χ3v) is 11.5. The van der Waals surface area contributed by atoms with Gasteiger partial charge in [0.15, 0.2) is 0 Å². The highest BCUT2D eigenvalue weighted by molar-refractivity contribution is 7.27. The molecule has 3 heteroatoms. The minimum atomic E-state index is 0.990. The van der Waals surface area contributed by atoms with Gasteiger partial charge in [-0.05, 0) is 86.3 Å². The Morgan fingerprint density at radius 2 is 1.34 bits per heavy atom. The van der Waals surface area contributed by atoms with E-state index in [1.54, 1.807) is 0 Å². The van der Waals surface area contributed by atoms with Crippen LogP contribution in [0.3, 0.4) is 0 Å². The first kappa shape index (κ1) is 25.4. The Morgan fingerprint density at radius 1 is 0.553 bits per heavy atom. The Kier molecular flexibility index (Phi) is 5.08. The number of para-hydroxylation sites is 1. The van der Waals surface area contributed by atoms with Crippen molar-refractivity contribution >= 4 is 74.9 Å². The molecule has 1 aliphatic rings. The zero-order valence-corrected chi connectivity index (χ0v) is 26.2. The largest absolute Gasteiger partial charge is 0.309 e. The summed E-state index contributed by atoms with van der Waals surface area (Å²) in [4.78, 5) is 4.55. The zero-order valence-electron chi connectivity index (χ0n) is 25.4. The maximum atomic E-state index is 4.55. The van der Waals surface area contributed by atoms with Gasteiger partial charge in [-0.3, -0.25) is 4.98 Å². The van der Waals surface area contributed by atoms with Crippen molar-refractivity contribution in [3.8, 4) is 27.9 Å². The van der Waals surface area contributed by atoms with Gasteiger partial charge in [0.2, 0.25) is 0 Å². The third-order valence-electron chi connectivity index (χ3n) is 10.3. The molecule has 10 aromatic rings. The molecule has 1 aliphatic carbocycles. The second-order valence-electron chi connectivity index (χ2n) is 12.7. The molecule has 7 aromatic carbocycles. The van der Waals surface area contributed by atoms with E-state index in [4.69, 9.17) is 0 Å². The van der Waals surface area contributed by atoms with Gasteiger partial charge in [-0.25, -0.2) is 0 Å². The first-order valence-electron chi connectivity index (χ1n) is 16.2. The first-order chi connectivity index (χ1) is 23.3.